The molecular formula is C13H20N2O2. The van der Waals surface area contributed by atoms with Crippen molar-refractivity contribution in [1.29, 1.82) is 0 Å². The first-order valence-corrected chi connectivity index (χ1v) is 5.83. The van der Waals surface area contributed by atoms with E-state index in [2.05, 4.69) is 30.7 Å². The lowest BCUT2D eigenvalue weighted by Crippen LogP contribution is -2.14. The molecule has 0 amide bonds. The topological polar surface area (TPSA) is 52.1 Å². The molecular weight excluding hydrogens is 216 g/mol. The molecule has 94 valence electrons. The summed E-state index contributed by atoms with van der Waals surface area (Å²) in [5.41, 5.74) is 1.36. The van der Waals surface area contributed by atoms with Gasteiger partial charge in [0.25, 0.3) is 0 Å². The van der Waals surface area contributed by atoms with Crippen LogP contribution < -0.4 is 0 Å². The quantitative estimate of drug-likeness (QED) is 0.757. The summed E-state index contributed by atoms with van der Waals surface area (Å²) in [5.74, 6) is 0.225. The van der Waals surface area contributed by atoms with Crippen molar-refractivity contribution in [3.05, 3.63) is 23.3 Å². The first kappa shape index (κ1) is 13.6. The molecule has 0 unspecified atom stereocenters. The average Bonchev–Trinajstić information content (AvgIpc) is 2.14. The van der Waals surface area contributed by atoms with Crippen molar-refractivity contribution in [2.45, 2.75) is 41.0 Å². The second kappa shape index (κ2) is 5.25. The summed E-state index contributed by atoms with van der Waals surface area (Å²) in [5, 5.41) is 0. The predicted octanol–water partition coefficient (Wildman–Crippen LogP) is 2.55. The SMILES string of the molecule is CCOC(=O)c1cc(CC(C)(C)C)nc(C)n1. The second-order valence-electron chi connectivity index (χ2n) is 5.25. The average molecular weight is 236 g/mol. The summed E-state index contributed by atoms with van der Waals surface area (Å²) in [4.78, 5) is 20.0. The largest absolute Gasteiger partial charge is 0.461 e. The molecule has 17 heavy (non-hydrogen) atoms. The minimum Gasteiger partial charge on any atom is -0.461 e. The standard InChI is InChI=1S/C13H20N2O2/c1-6-17-12(16)11-7-10(8-13(3,4)5)14-9(2)15-11/h7H,6,8H2,1-5H3. The molecule has 0 atom stereocenters. The molecule has 1 heterocycles. The zero-order chi connectivity index (χ0) is 13.1. The first-order valence-electron chi connectivity index (χ1n) is 5.83. The fourth-order valence-electron chi connectivity index (χ4n) is 1.57. The third-order valence-electron chi connectivity index (χ3n) is 2.09. The van der Waals surface area contributed by atoms with Gasteiger partial charge in [0.15, 0.2) is 5.69 Å². The molecule has 4 heteroatoms. The highest BCUT2D eigenvalue weighted by atomic mass is 16.5. The number of aromatic nitrogens is 2. The Morgan fingerprint density at radius 2 is 2.00 bits per heavy atom. The molecule has 0 aromatic carbocycles. The molecule has 0 N–H and O–H groups in total. The lowest BCUT2D eigenvalue weighted by atomic mass is 9.90. The summed E-state index contributed by atoms with van der Waals surface area (Å²) in [6.07, 6.45) is 0.808. The maximum atomic E-state index is 11.6. The molecule has 0 aliphatic rings. The van der Waals surface area contributed by atoms with Gasteiger partial charge in [-0.25, -0.2) is 14.8 Å². The van der Waals surface area contributed by atoms with Crippen LogP contribution in [0.4, 0.5) is 0 Å². The van der Waals surface area contributed by atoms with Crippen molar-refractivity contribution < 1.29 is 9.53 Å². The highest BCUT2D eigenvalue weighted by Gasteiger charge is 2.16. The molecule has 0 aliphatic heterocycles. The summed E-state index contributed by atoms with van der Waals surface area (Å²) < 4.78 is 4.94. The van der Waals surface area contributed by atoms with Crippen LogP contribution in [0.5, 0.6) is 0 Å². The lowest BCUT2D eigenvalue weighted by Gasteiger charge is -2.17. The molecule has 0 aliphatic carbocycles. The van der Waals surface area contributed by atoms with Crippen LogP contribution in [0.25, 0.3) is 0 Å². The third-order valence-corrected chi connectivity index (χ3v) is 2.09. The van der Waals surface area contributed by atoms with Crippen LogP contribution in [0.3, 0.4) is 0 Å². The van der Waals surface area contributed by atoms with E-state index in [1.165, 1.54) is 0 Å². The van der Waals surface area contributed by atoms with Gasteiger partial charge in [-0.2, -0.15) is 0 Å². The number of nitrogens with zero attached hydrogens (tertiary/aromatic N) is 2. The Balaban J connectivity index is 2.98. The fraction of sp³-hybridized carbons (Fsp3) is 0.615. The predicted molar refractivity (Wildman–Crippen MR) is 65.9 cm³/mol. The molecule has 0 saturated carbocycles. The molecule has 0 bridgehead atoms. The zero-order valence-electron chi connectivity index (χ0n) is 11.2. The Morgan fingerprint density at radius 1 is 1.35 bits per heavy atom. The van der Waals surface area contributed by atoms with E-state index in [0.29, 0.717) is 18.1 Å². The smallest absolute Gasteiger partial charge is 0.357 e. The molecule has 0 saturated heterocycles. The normalized spacial score (nSPS) is 11.4. The van der Waals surface area contributed by atoms with Crippen LogP contribution in [-0.2, 0) is 11.2 Å². The number of hydrogen-bond donors (Lipinski definition) is 0. The fourth-order valence-corrected chi connectivity index (χ4v) is 1.57. The van der Waals surface area contributed by atoms with Crippen molar-refractivity contribution in [2.75, 3.05) is 6.61 Å². The number of carbonyl (C=O) groups is 1. The number of rotatable bonds is 3. The molecule has 1 aromatic rings. The molecule has 0 fully saturated rings. The van der Waals surface area contributed by atoms with Crippen LogP contribution in [0.15, 0.2) is 6.07 Å². The molecule has 4 nitrogen and oxygen atoms in total. The van der Waals surface area contributed by atoms with Gasteiger partial charge in [0.05, 0.1) is 6.61 Å². The van der Waals surface area contributed by atoms with Gasteiger partial charge in [-0.3, -0.25) is 0 Å². The molecule has 0 spiro atoms. The number of carbonyl (C=O) groups excluding carboxylic acids is 1. The summed E-state index contributed by atoms with van der Waals surface area (Å²) >= 11 is 0. The maximum Gasteiger partial charge on any atom is 0.357 e. The molecule has 0 radical (unpaired) electrons. The number of hydrogen-bond acceptors (Lipinski definition) is 4. The Bertz CT molecular complexity index is 408. The highest BCUT2D eigenvalue weighted by Crippen LogP contribution is 2.19. The van der Waals surface area contributed by atoms with E-state index in [9.17, 15) is 4.79 Å². The van der Waals surface area contributed by atoms with Crippen LogP contribution in [0.2, 0.25) is 0 Å². The van der Waals surface area contributed by atoms with Crippen molar-refractivity contribution in [2.24, 2.45) is 5.41 Å². The number of ether oxygens (including phenoxy) is 1. The highest BCUT2D eigenvalue weighted by molar-refractivity contribution is 5.87. The lowest BCUT2D eigenvalue weighted by molar-refractivity contribution is 0.0518. The van der Waals surface area contributed by atoms with E-state index in [4.69, 9.17) is 4.74 Å². The number of aryl methyl sites for hydroxylation is 1. The van der Waals surface area contributed by atoms with E-state index in [1.807, 2.05) is 0 Å². The van der Waals surface area contributed by atoms with Crippen LogP contribution in [0, 0.1) is 12.3 Å². The zero-order valence-corrected chi connectivity index (χ0v) is 11.2. The summed E-state index contributed by atoms with van der Waals surface area (Å²) in [7, 11) is 0. The second-order valence-corrected chi connectivity index (χ2v) is 5.25. The third kappa shape index (κ3) is 4.51. The Kier molecular flexibility index (Phi) is 4.21. The van der Waals surface area contributed by atoms with Gasteiger partial charge < -0.3 is 4.74 Å². The van der Waals surface area contributed by atoms with Gasteiger partial charge in [0.1, 0.15) is 5.82 Å². The van der Waals surface area contributed by atoms with Gasteiger partial charge in [-0.05, 0) is 31.7 Å². The monoisotopic (exact) mass is 236 g/mol. The van der Waals surface area contributed by atoms with Gasteiger partial charge in [0.2, 0.25) is 0 Å². The molecule has 1 rings (SSSR count). The van der Waals surface area contributed by atoms with Gasteiger partial charge in [-0.1, -0.05) is 20.8 Å². The van der Waals surface area contributed by atoms with E-state index >= 15 is 0 Å². The van der Waals surface area contributed by atoms with Crippen molar-refractivity contribution in [1.82, 2.24) is 9.97 Å². The summed E-state index contributed by atoms with van der Waals surface area (Å²) in [6, 6.07) is 1.72. The maximum absolute atomic E-state index is 11.6. The molecule has 1 aromatic heterocycles. The van der Waals surface area contributed by atoms with Crippen molar-refractivity contribution >= 4 is 5.97 Å². The van der Waals surface area contributed by atoms with E-state index in [0.717, 1.165) is 12.1 Å². The minimum absolute atomic E-state index is 0.132. The first-order chi connectivity index (χ1) is 7.81. The van der Waals surface area contributed by atoms with Gasteiger partial charge in [0, 0.05) is 5.69 Å². The Hall–Kier alpha value is -1.45. The number of esters is 1. The van der Waals surface area contributed by atoms with Crippen molar-refractivity contribution in [3.63, 3.8) is 0 Å². The van der Waals surface area contributed by atoms with Crippen LogP contribution >= 0.6 is 0 Å². The van der Waals surface area contributed by atoms with Crippen LogP contribution in [-0.4, -0.2) is 22.5 Å². The van der Waals surface area contributed by atoms with E-state index in [1.54, 1.807) is 19.9 Å². The Labute approximate surface area is 102 Å². The van der Waals surface area contributed by atoms with Crippen LogP contribution in [0.1, 0.15) is 49.7 Å². The van der Waals surface area contributed by atoms with E-state index in [-0.39, 0.29) is 11.4 Å². The van der Waals surface area contributed by atoms with Gasteiger partial charge >= 0.3 is 5.97 Å². The van der Waals surface area contributed by atoms with E-state index < -0.39 is 0 Å². The van der Waals surface area contributed by atoms with Gasteiger partial charge in [-0.15, -0.1) is 0 Å². The minimum atomic E-state index is -0.381. The Morgan fingerprint density at radius 3 is 2.53 bits per heavy atom. The summed E-state index contributed by atoms with van der Waals surface area (Å²) in [6.45, 7) is 10.3. The van der Waals surface area contributed by atoms with Crippen molar-refractivity contribution in [3.8, 4) is 0 Å².